The van der Waals surface area contributed by atoms with Crippen LogP contribution >= 0.6 is 0 Å². The van der Waals surface area contributed by atoms with Crippen molar-refractivity contribution in [3.8, 4) is 11.5 Å². The van der Waals surface area contributed by atoms with Crippen molar-refractivity contribution in [2.45, 2.75) is 6.42 Å². The van der Waals surface area contributed by atoms with Crippen LogP contribution in [0, 0.1) is 0 Å². The number of hydrogen-bond acceptors (Lipinski definition) is 4. The SMILES string of the molecule is COc1ccc(CC(=O)NCC(N)=O)c(OC)c1. The molecule has 0 aliphatic heterocycles. The molecule has 0 atom stereocenters. The van der Waals surface area contributed by atoms with E-state index in [0.29, 0.717) is 17.1 Å². The third-order valence-corrected chi connectivity index (χ3v) is 2.31. The number of ether oxygens (including phenoxy) is 2. The van der Waals surface area contributed by atoms with Crippen molar-refractivity contribution < 1.29 is 19.1 Å². The normalized spacial score (nSPS) is 9.67. The zero-order valence-electron chi connectivity index (χ0n) is 10.4. The maximum absolute atomic E-state index is 11.5. The third kappa shape index (κ3) is 3.97. The Kier molecular flexibility index (Phi) is 4.98. The lowest BCUT2D eigenvalue weighted by atomic mass is 10.1. The molecule has 2 amide bonds. The number of amides is 2. The Morgan fingerprint density at radius 3 is 2.56 bits per heavy atom. The lowest BCUT2D eigenvalue weighted by Gasteiger charge is -2.10. The molecule has 0 heterocycles. The molecule has 0 saturated carbocycles. The minimum absolute atomic E-state index is 0.112. The number of nitrogens with two attached hydrogens (primary N) is 1. The molecule has 98 valence electrons. The zero-order chi connectivity index (χ0) is 13.5. The Bertz CT molecular complexity index is 446. The van der Waals surface area contributed by atoms with Gasteiger partial charge in [-0.15, -0.1) is 0 Å². The highest BCUT2D eigenvalue weighted by atomic mass is 16.5. The van der Waals surface area contributed by atoms with Gasteiger partial charge in [-0.1, -0.05) is 6.07 Å². The number of carbonyl (C=O) groups excluding carboxylic acids is 2. The van der Waals surface area contributed by atoms with Crippen LogP contribution in [0.1, 0.15) is 5.56 Å². The van der Waals surface area contributed by atoms with Crippen LogP contribution in [-0.2, 0) is 16.0 Å². The highest BCUT2D eigenvalue weighted by Gasteiger charge is 2.10. The molecular weight excluding hydrogens is 236 g/mol. The first-order valence-corrected chi connectivity index (χ1v) is 5.32. The average molecular weight is 252 g/mol. The lowest BCUT2D eigenvalue weighted by Crippen LogP contribution is -2.34. The van der Waals surface area contributed by atoms with Crippen molar-refractivity contribution in [2.24, 2.45) is 5.73 Å². The van der Waals surface area contributed by atoms with Crippen LogP contribution in [0.3, 0.4) is 0 Å². The van der Waals surface area contributed by atoms with Gasteiger partial charge in [-0.2, -0.15) is 0 Å². The van der Waals surface area contributed by atoms with E-state index in [0.717, 1.165) is 0 Å². The van der Waals surface area contributed by atoms with Gasteiger partial charge >= 0.3 is 0 Å². The van der Waals surface area contributed by atoms with E-state index in [1.165, 1.54) is 7.11 Å². The summed E-state index contributed by atoms with van der Waals surface area (Å²) in [5.41, 5.74) is 5.64. The van der Waals surface area contributed by atoms with E-state index >= 15 is 0 Å². The van der Waals surface area contributed by atoms with Gasteiger partial charge < -0.3 is 20.5 Å². The van der Waals surface area contributed by atoms with Crippen LogP contribution in [0.5, 0.6) is 11.5 Å². The van der Waals surface area contributed by atoms with Gasteiger partial charge in [-0.25, -0.2) is 0 Å². The van der Waals surface area contributed by atoms with E-state index in [1.54, 1.807) is 25.3 Å². The maximum atomic E-state index is 11.5. The Labute approximate surface area is 105 Å². The van der Waals surface area contributed by atoms with Gasteiger partial charge in [0.1, 0.15) is 11.5 Å². The molecule has 3 N–H and O–H groups in total. The summed E-state index contributed by atoms with van der Waals surface area (Å²) in [6, 6.07) is 5.16. The first-order chi connectivity index (χ1) is 8.56. The number of primary amides is 1. The van der Waals surface area contributed by atoms with E-state index in [-0.39, 0.29) is 18.9 Å². The summed E-state index contributed by atoms with van der Waals surface area (Å²) in [6.07, 6.45) is 0.112. The summed E-state index contributed by atoms with van der Waals surface area (Å²) in [5, 5.41) is 2.41. The van der Waals surface area contributed by atoms with Crippen molar-refractivity contribution in [2.75, 3.05) is 20.8 Å². The van der Waals surface area contributed by atoms with Gasteiger partial charge in [0.15, 0.2) is 0 Å². The van der Waals surface area contributed by atoms with Crippen LogP contribution < -0.4 is 20.5 Å². The molecule has 0 spiro atoms. The van der Waals surface area contributed by atoms with Crippen molar-refractivity contribution in [3.05, 3.63) is 23.8 Å². The van der Waals surface area contributed by atoms with Crippen LogP contribution in [0.4, 0.5) is 0 Å². The van der Waals surface area contributed by atoms with Crippen LogP contribution in [0.25, 0.3) is 0 Å². The van der Waals surface area contributed by atoms with Crippen molar-refractivity contribution >= 4 is 11.8 Å². The molecule has 1 aromatic carbocycles. The largest absolute Gasteiger partial charge is 0.497 e. The summed E-state index contributed by atoms with van der Waals surface area (Å²) in [4.78, 5) is 22.1. The summed E-state index contributed by atoms with van der Waals surface area (Å²) >= 11 is 0. The molecule has 0 saturated heterocycles. The van der Waals surface area contributed by atoms with Gasteiger partial charge in [0, 0.05) is 11.6 Å². The fraction of sp³-hybridized carbons (Fsp3) is 0.333. The molecule has 0 radical (unpaired) electrons. The predicted molar refractivity (Wildman–Crippen MR) is 65.5 cm³/mol. The number of hydrogen-bond donors (Lipinski definition) is 2. The Hall–Kier alpha value is -2.24. The number of nitrogens with one attached hydrogen (secondary N) is 1. The molecule has 0 aromatic heterocycles. The maximum Gasteiger partial charge on any atom is 0.236 e. The van der Waals surface area contributed by atoms with Crippen LogP contribution in [0.15, 0.2) is 18.2 Å². The van der Waals surface area contributed by atoms with E-state index in [1.807, 2.05) is 0 Å². The standard InChI is InChI=1S/C12H16N2O4/c1-17-9-4-3-8(10(6-9)18-2)5-12(16)14-7-11(13)15/h3-4,6H,5,7H2,1-2H3,(H2,13,15)(H,14,16). The van der Waals surface area contributed by atoms with Crippen LogP contribution in [-0.4, -0.2) is 32.6 Å². The molecular formula is C12H16N2O4. The van der Waals surface area contributed by atoms with Gasteiger partial charge in [0.05, 0.1) is 27.2 Å². The second-order valence-electron chi connectivity index (χ2n) is 3.60. The van der Waals surface area contributed by atoms with Crippen molar-refractivity contribution in [1.29, 1.82) is 0 Å². The first kappa shape index (κ1) is 13.8. The smallest absolute Gasteiger partial charge is 0.236 e. The number of methoxy groups -OCH3 is 2. The molecule has 0 fully saturated rings. The average Bonchev–Trinajstić information content (AvgIpc) is 2.36. The second-order valence-corrected chi connectivity index (χ2v) is 3.60. The highest BCUT2D eigenvalue weighted by molar-refractivity contribution is 5.85. The van der Waals surface area contributed by atoms with Gasteiger partial charge in [0.2, 0.25) is 11.8 Å². The summed E-state index contributed by atoms with van der Waals surface area (Å²) in [6.45, 7) is -0.169. The van der Waals surface area contributed by atoms with Gasteiger partial charge in [0.25, 0.3) is 0 Å². The summed E-state index contributed by atoms with van der Waals surface area (Å²) in [5.74, 6) is 0.332. The Morgan fingerprint density at radius 1 is 1.28 bits per heavy atom. The van der Waals surface area contributed by atoms with Gasteiger partial charge in [-0.3, -0.25) is 9.59 Å². The van der Waals surface area contributed by atoms with E-state index < -0.39 is 5.91 Å². The highest BCUT2D eigenvalue weighted by Crippen LogP contribution is 2.24. The Morgan fingerprint density at radius 2 is 2.00 bits per heavy atom. The number of rotatable bonds is 6. The minimum atomic E-state index is -0.579. The predicted octanol–water partition coefficient (Wildman–Crippen LogP) is -0.152. The Balaban J connectivity index is 2.71. The van der Waals surface area contributed by atoms with E-state index in [2.05, 4.69) is 5.32 Å². The zero-order valence-corrected chi connectivity index (χ0v) is 10.4. The molecule has 1 aromatic rings. The topological polar surface area (TPSA) is 90.6 Å². The molecule has 0 unspecified atom stereocenters. The van der Waals surface area contributed by atoms with Crippen LogP contribution in [0.2, 0.25) is 0 Å². The molecule has 0 aliphatic rings. The molecule has 18 heavy (non-hydrogen) atoms. The number of carbonyl (C=O) groups is 2. The first-order valence-electron chi connectivity index (χ1n) is 5.32. The summed E-state index contributed by atoms with van der Waals surface area (Å²) in [7, 11) is 3.06. The van der Waals surface area contributed by atoms with Crippen molar-refractivity contribution in [3.63, 3.8) is 0 Å². The minimum Gasteiger partial charge on any atom is -0.497 e. The van der Waals surface area contributed by atoms with Crippen molar-refractivity contribution in [1.82, 2.24) is 5.32 Å². The van der Waals surface area contributed by atoms with Gasteiger partial charge in [-0.05, 0) is 6.07 Å². The fourth-order valence-corrected chi connectivity index (χ4v) is 1.42. The third-order valence-electron chi connectivity index (χ3n) is 2.31. The molecule has 1 rings (SSSR count). The van der Waals surface area contributed by atoms with E-state index in [9.17, 15) is 9.59 Å². The lowest BCUT2D eigenvalue weighted by molar-refractivity contribution is -0.124. The second kappa shape index (κ2) is 6.48. The monoisotopic (exact) mass is 252 g/mol. The fourth-order valence-electron chi connectivity index (χ4n) is 1.42. The number of benzene rings is 1. The van der Waals surface area contributed by atoms with E-state index in [4.69, 9.17) is 15.2 Å². The summed E-state index contributed by atoms with van der Waals surface area (Å²) < 4.78 is 10.2. The molecule has 0 aliphatic carbocycles. The molecule has 6 heteroatoms. The quantitative estimate of drug-likeness (QED) is 0.736. The molecule has 6 nitrogen and oxygen atoms in total. The molecule has 0 bridgehead atoms.